The number of carboxylic acids is 4. The second-order valence-corrected chi connectivity index (χ2v) is 10.7. The molecule has 0 bridgehead atoms. The summed E-state index contributed by atoms with van der Waals surface area (Å²) in [6, 6.07) is 5.20. The lowest BCUT2D eigenvalue weighted by Gasteiger charge is -2.39. The second-order valence-electron chi connectivity index (χ2n) is 10.7. The summed E-state index contributed by atoms with van der Waals surface area (Å²) in [5.41, 5.74) is -1.69. The number of unbranched alkanes of at least 4 members (excludes halogenated alkanes) is 1. The molecule has 2 unspecified atom stereocenters. The Morgan fingerprint density at radius 2 is 1.15 bits per heavy atom. The van der Waals surface area contributed by atoms with Gasteiger partial charge in [-0.2, -0.15) is 0 Å². The maximum absolute atomic E-state index is 10.4. The van der Waals surface area contributed by atoms with Gasteiger partial charge >= 0.3 is 23.9 Å². The van der Waals surface area contributed by atoms with Crippen molar-refractivity contribution in [3.63, 3.8) is 0 Å². The van der Waals surface area contributed by atoms with Crippen LogP contribution in [0.1, 0.15) is 86.9 Å². The van der Waals surface area contributed by atoms with Crippen LogP contribution in [0.5, 0.6) is 0 Å². The molecule has 1 aromatic carbocycles. The highest BCUT2D eigenvalue weighted by Crippen LogP contribution is 2.34. The van der Waals surface area contributed by atoms with E-state index in [4.69, 9.17) is 20.4 Å². The highest BCUT2D eigenvalue weighted by molar-refractivity contribution is 5.93. The van der Waals surface area contributed by atoms with Gasteiger partial charge in [0, 0.05) is 23.7 Å². The summed E-state index contributed by atoms with van der Waals surface area (Å²) in [6.45, 7) is 6.36. The zero-order valence-electron chi connectivity index (χ0n) is 24.1. The van der Waals surface area contributed by atoms with Gasteiger partial charge in [0.2, 0.25) is 0 Å². The molecule has 9 N–H and O–H groups in total. The fourth-order valence-electron chi connectivity index (χ4n) is 3.60. The Hall–Kier alpha value is -3.10. The first-order valence-electron chi connectivity index (χ1n) is 13.1. The number of hydrogen-bond acceptors (Lipinski definition) is 9. The van der Waals surface area contributed by atoms with E-state index >= 15 is 0 Å². The molecule has 0 fully saturated rings. The van der Waals surface area contributed by atoms with Gasteiger partial charge in [-0.25, -0.2) is 9.59 Å². The molecule has 0 aliphatic rings. The lowest BCUT2D eigenvalue weighted by Crippen LogP contribution is -2.44. The Morgan fingerprint density at radius 3 is 1.44 bits per heavy atom. The Bertz CT molecular complexity index is 885. The quantitative estimate of drug-likeness (QED) is 0.125. The van der Waals surface area contributed by atoms with Crippen LogP contribution < -0.4 is 0 Å². The first kappa shape index (κ1) is 40.0. The highest BCUT2D eigenvalue weighted by atomic mass is 16.4. The van der Waals surface area contributed by atoms with E-state index in [0.29, 0.717) is 25.7 Å². The molecule has 236 valence electrons. The molecule has 0 saturated heterocycles. The van der Waals surface area contributed by atoms with Crippen LogP contribution >= 0.6 is 0 Å². The van der Waals surface area contributed by atoms with E-state index in [2.05, 4.69) is 0 Å². The molecule has 1 aromatic rings. The Kier molecular flexibility index (Phi) is 19.4. The zero-order valence-corrected chi connectivity index (χ0v) is 24.1. The summed E-state index contributed by atoms with van der Waals surface area (Å²) >= 11 is 0. The molecular weight excluding hydrogens is 544 g/mol. The van der Waals surface area contributed by atoms with Gasteiger partial charge in [-0.3, -0.25) is 9.59 Å². The van der Waals surface area contributed by atoms with Crippen molar-refractivity contribution >= 4 is 23.9 Å². The molecule has 0 aliphatic carbocycles. The van der Waals surface area contributed by atoms with Crippen LogP contribution in [0.25, 0.3) is 0 Å². The van der Waals surface area contributed by atoms with Gasteiger partial charge in [0.1, 0.15) is 0 Å². The number of aliphatic hydroxyl groups excluding tert-OH is 5. The van der Waals surface area contributed by atoms with Crippen LogP contribution in [-0.2, 0) is 9.59 Å². The van der Waals surface area contributed by atoms with Gasteiger partial charge in [0.15, 0.2) is 0 Å². The summed E-state index contributed by atoms with van der Waals surface area (Å²) < 4.78 is 0. The summed E-state index contributed by atoms with van der Waals surface area (Å²) in [5, 5.41) is 81.3. The van der Waals surface area contributed by atoms with E-state index in [1.807, 2.05) is 13.8 Å². The zero-order chi connectivity index (χ0) is 32.4. The lowest BCUT2D eigenvalue weighted by molar-refractivity contribution is -0.139. The normalized spacial score (nSPS) is 12.7. The van der Waals surface area contributed by atoms with E-state index in [1.54, 1.807) is 13.8 Å². The number of rotatable bonds is 16. The number of carbonyl (C=O) groups is 4. The lowest BCUT2D eigenvalue weighted by atomic mass is 9.73. The van der Waals surface area contributed by atoms with Crippen molar-refractivity contribution in [2.45, 2.75) is 78.4 Å². The van der Waals surface area contributed by atoms with Gasteiger partial charge in [-0.05, 0) is 49.8 Å². The van der Waals surface area contributed by atoms with Crippen molar-refractivity contribution in [1.29, 1.82) is 0 Å². The van der Waals surface area contributed by atoms with Crippen LogP contribution in [0.3, 0.4) is 0 Å². The van der Waals surface area contributed by atoms with Gasteiger partial charge in [-0.1, -0.05) is 33.8 Å². The van der Waals surface area contributed by atoms with Crippen LogP contribution in [0.15, 0.2) is 24.3 Å². The molecule has 1 rings (SSSR count). The van der Waals surface area contributed by atoms with Crippen molar-refractivity contribution < 1.29 is 65.1 Å². The van der Waals surface area contributed by atoms with Crippen molar-refractivity contribution in [2.75, 3.05) is 19.8 Å². The average molecular weight is 591 g/mol. The van der Waals surface area contributed by atoms with Crippen LogP contribution in [-0.4, -0.2) is 102 Å². The van der Waals surface area contributed by atoms with Gasteiger partial charge < -0.3 is 46.0 Å². The van der Waals surface area contributed by atoms with Crippen molar-refractivity contribution in [3.05, 3.63) is 35.4 Å². The fraction of sp³-hybridized carbons (Fsp3) is 0.643. The maximum Gasteiger partial charge on any atom is 0.335 e. The van der Waals surface area contributed by atoms with E-state index in [0.717, 1.165) is 6.07 Å². The molecule has 0 spiro atoms. The number of aliphatic carboxylic acids is 2. The molecule has 0 saturated carbocycles. The number of carboxylic acid groups (broad SMARTS) is 4. The van der Waals surface area contributed by atoms with E-state index in [9.17, 15) is 44.7 Å². The average Bonchev–Trinajstić information content (AvgIpc) is 2.92. The molecule has 41 heavy (non-hydrogen) atoms. The van der Waals surface area contributed by atoms with Crippen LogP contribution in [0, 0.1) is 16.7 Å². The van der Waals surface area contributed by atoms with E-state index < -0.39 is 46.9 Å². The third-order valence-corrected chi connectivity index (χ3v) is 6.59. The number of benzene rings is 1. The molecule has 0 amide bonds. The number of hydrogen-bond donors (Lipinski definition) is 9. The van der Waals surface area contributed by atoms with Gasteiger partial charge in [0.05, 0.1) is 43.2 Å². The summed E-state index contributed by atoms with van der Waals surface area (Å²) in [7, 11) is 0. The predicted octanol–water partition coefficient (Wildman–Crippen LogP) is 1.93. The second kappa shape index (κ2) is 19.9. The van der Waals surface area contributed by atoms with Crippen molar-refractivity contribution in [2.24, 2.45) is 16.7 Å². The van der Waals surface area contributed by atoms with Crippen molar-refractivity contribution in [3.8, 4) is 0 Å². The molecular formula is C28H46O13. The molecule has 0 aromatic heterocycles. The monoisotopic (exact) mass is 590 g/mol. The Labute approximate surface area is 239 Å². The molecule has 0 radical (unpaired) electrons. The first-order valence-corrected chi connectivity index (χ1v) is 13.1. The molecule has 0 aliphatic heterocycles. The summed E-state index contributed by atoms with van der Waals surface area (Å²) in [6.07, 6.45) is 0.206. The largest absolute Gasteiger partial charge is 0.481 e. The Morgan fingerprint density at radius 1 is 0.756 bits per heavy atom. The minimum Gasteiger partial charge on any atom is -0.481 e. The van der Waals surface area contributed by atoms with Gasteiger partial charge in [0.25, 0.3) is 0 Å². The summed E-state index contributed by atoms with van der Waals surface area (Å²) in [5.74, 6) is -3.96. The molecule has 2 atom stereocenters. The minimum absolute atomic E-state index is 0.0186. The minimum atomic E-state index is -1.13. The highest BCUT2D eigenvalue weighted by Gasteiger charge is 2.38. The number of aromatic carboxylic acids is 2. The first-order chi connectivity index (χ1) is 18.9. The van der Waals surface area contributed by atoms with Crippen LogP contribution in [0.4, 0.5) is 0 Å². The SMILES string of the molecule is CC(C)C(O)C(C)(C)C(O)CCC(CO)(CO)CO.O=C(O)CCCCC(=O)O.O=C(O)c1cccc(C(=O)O)c1. The third kappa shape index (κ3) is 16.1. The van der Waals surface area contributed by atoms with E-state index in [1.165, 1.54) is 18.2 Å². The smallest absolute Gasteiger partial charge is 0.335 e. The Balaban J connectivity index is 0. The molecule has 13 nitrogen and oxygen atoms in total. The predicted molar refractivity (Wildman–Crippen MR) is 148 cm³/mol. The van der Waals surface area contributed by atoms with Crippen LogP contribution in [0.2, 0.25) is 0 Å². The maximum atomic E-state index is 10.4. The van der Waals surface area contributed by atoms with E-state index in [-0.39, 0.29) is 49.7 Å². The molecule has 0 heterocycles. The van der Waals surface area contributed by atoms with Crippen molar-refractivity contribution in [1.82, 2.24) is 0 Å². The summed E-state index contributed by atoms with van der Waals surface area (Å²) in [4.78, 5) is 40.6. The number of aliphatic hydroxyl groups is 5. The topological polar surface area (TPSA) is 250 Å². The molecule has 13 heteroatoms. The standard InChI is InChI=1S/C14H30O5.C8H6O4.C6H10O4/c1-10(2)12(19)13(3,4)11(18)5-6-14(7-15,8-16)9-17;9-7(10)5-2-1-3-6(4-5)8(11)12;7-5(8)3-1-2-4-6(9)10/h10-12,15-19H,5-9H2,1-4H3;1-4H,(H,9,10)(H,11,12);1-4H2,(H,7,8)(H,9,10). The fourth-order valence-corrected chi connectivity index (χ4v) is 3.60. The van der Waals surface area contributed by atoms with Gasteiger partial charge in [-0.15, -0.1) is 0 Å². The third-order valence-electron chi connectivity index (χ3n) is 6.59.